The van der Waals surface area contributed by atoms with Crippen molar-refractivity contribution >= 4 is 28.3 Å². The molecule has 0 saturated heterocycles. The molecule has 0 spiro atoms. The van der Waals surface area contributed by atoms with Gasteiger partial charge in [-0.15, -0.1) is 11.3 Å². The number of nitrogens with zero attached hydrogens (tertiary/aromatic N) is 3. The van der Waals surface area contributed by atoms with Crippen LogP contribution in [-0.4, -0.2) is 26.9 Å². The van der Waals surface area contributed by atoms with Gasteiger partial charge in [-0.2, -0.15) is 4.98 Å². The van der Waals surface area contributed by atoms with Crippen LogP contribution >= 0.6 is 11.3 Å². The van der Waals surface area contributed by atoms with Crippen molar-refractivity contribution in [1.82, 2.24) is 20.4 Å². The van der Waals surface area contributed by atoms with Crippen LogP contribution in [0.1, 0.15) is 24.3 Å². The molecule has 0 aliphatic carbocycles. The molecule has 0 aromatic carbocycles. The molecule has 20 heavy (non-hydrogen) atoms. The Balaban J connectivity index is 1.82. The number of rotatable bonds is 5. The van der Waals surface area contributed by atoms with Crippen LogP contribution < -0.4 is 10.6 Å². The Morgan fingerprint density at radius 3 is 2.85 bits per heavy atom. The topological polar surface area (TPSA) is 110 Å². The Morgan fingerprint density at radius 1 is 1.40 bits per heavy atom. The second kappa shape index (κ2) is 6.24. The first-order valence-corrected chi connectivity index (χ1v) is 6.69. The largest absolute Gasteiger partial charge is 0.347 e. The molecule has 8 nitrogen and oxygen atoms in total. The third-order valence-electron chi connectivity index (χ3n) is 2.18. The van der Waals surface area contributed by atoms with Gasteiger partial charge in [0, 0.05) is 12.3 Å². The monoisotopic (exact) mass is 295 g/mol. The third kappa shape index (κ3) is 4.12. The molecule has 0 radical (unpaired) electrons. The van der Waals surface area contributed by atoms with Gasteiger partial charge in [-0.3, -0.25) is 9.59 Å². The summed E-state index contributed by atoms with van der Waals surface area (Å²) in [5, 5.41) is 11.0. The second-order valence-corrected chi connectivity index (χ2v) is 4.87. The van der Waals surface area contributed by atoms with E-state index in [1.807, 2.05) is 0 Å². The van der Waals surface area contributed by atoms with Gasteiger partial charge in [-0.1, -0.05) is 5.16 Å². The summed E-state index contributed by atoms with van der Waals surface area (Å²) >= 11 is 1.27. The molecule has 106 valence electrons. The summed E-state index contributed by atoms with van der Waals surface area (Å²) in [6, 6.07) is 0. The molecule has 0 fully saturated rings. The van der Waals surface area contributed by atoms with Crippen molar-refractivity contribution < 1.29 is 14.1 Å². The second-order valence-electron chi connectivity index (χ2n) is 4.01. The maximum Gasteiger partial charge on any atom is 0.246 e. The van der Waals surface area contributed by atoms with Crippen LogP contribution in [0.15, 0.2) is 9.90 Å². The Bertz CT molecular complexity index is 621. The fraction of sp³-hybridized carbons (Fsp3) is 0.364. The predicted octanol–water partition coefficient (Wildman–Crippen LogP) is 0.652. The summed E-state index contributed by atoms with van der Waals surface area (Å²) in [7, 11) is 0. The zero-order chi connectivity index (χ0) is 14.5. The maximum absolute atomic E-state index is 11.7. The Hall–Kier alpha value is -2.29. The zero-order valence-electron chi connectivity index (χ0n) is 11.0. The molecule has 2 amide bonds. The molecule has 2 aromatic heterocycles. The molecule has 2 heterocycles. The van der Waals surface area contributed by atoms with E-state index in [0.717, 1.165) is 0 Å². The lowest BCUT2D eigenvalue weighted by Crippen LogP contribution is -2.24. The van der Waals surface area contributed by atoms with Crippen LogP contribution in [0.3, 0.4) is 0 Å². The number of hydrogen-bond donors (Lipinski definition) is 2. The van der Waals surface area contributed by atoms with Crippen LogP contribution in [0, 0.1) is 6.92 Å². The van der Waals surface area contributed by atoms with E-state index in [1.54, 1.807) is 12.3 Å². The van der Waals surface area contributed by atoms with Crippen molar-refractivity contribution in [2.45, 2.75) is 26.8 Å². The van der Waals surface area contributed by atoms with Crippen LogP contribution in [-0.2, 0) is 22.6 Å². The lowest BCUT2D eigenvalue weighted by Gasteiger charge is -1.99. The first-order chi connectivity index (χ1) is 9.52. The number of carbonyl (C=O) groups is 2. The highest BCUT2D eigenvalue weighted by molar-refractivity contribution is 7.13. The lowest BCUT2D eigenvalue weighted by atomic mass is 10.3. The smallest absolute Gasteiger partial charge is 0.246 e. The number of amides is 2. The summed E-state index contributed by atoms with van der Waals surface area (Å²) < 4.78 is 4.88. The summed E-state index contributed by atoms with van der Waals surface area (Å²) in [5.41, 5.74) is 0.595. The van der Waals surface area contributed by atoms with E-state index in [9.17, 15) is 9.59 Å². The molecule has 2 N–H and O–H groups in total. The quantitative estimate of drug-likeness (QED) is 0.838. The molecule has 0 bridgehead atoms. The van der Waals surface area contributed by atoms with Crippen molar-refractivity contribution in [3.63, 3.8) is 0 Å². The average Bonchev–Trinajstić information content (AvgIpc) is 2.95. The normalized spacial score (nSPS) is 10.3. The summed E-state index contributed by atoms with van der Waals surface area (Å²) in [5.74, 6) is 0.476. The Kier molecular flexibility index (Phi) is 4.41. The van der Waals surface area contributed by atoms with Gasteiger partial charge in [-0.05, 0) is 6.92 Å². The summed E-state index contributed by atoms with van der Waals surface area (Å²) in [4.78, 5) is 30.7. The first-order valence-electron chi connectivity index (χ1n) is 5.81. The molecule has 0 unspecified atom stereocenters. The highest BCUT2D eigenvalue weighted by atomic mass is 32.1. The fourth-order valence-corrected chi connectivity index (χ4v) is 2.17. The van der Waals surface area contributed by atoms with Crippen molar-refractivity contribution in [2.24, 2.45) is 0 Å². The van der Waals surface area contributed by atoms with Gasteiger partial charge in [0.05, 0.1) is 18.7 Å². The minimum absolute atomic E-state index is 0.128. The minimum Gasteiger partial charge on any atom is -0.347 e. The number of aryl methyl sites for hydroxylation is 1. The van der Waals surface area contributed by atoms with Crippen LogP contribution in [0.25, 0.3) is 0 Å². The van der Waals surface area contributed by atoms with Gasteiger partial charge in [-0.25, -0.2) is 4.98 Å². The molecule has 0 aliphatic rings. The Morgan fingerprint density at radius 2 is 2.20 bits per heavy atom. The molecule has 0 aliphatic heterocycles. The van der Waals surface area contributed by atoms with Gasteiger partial charge in [0.15, 0.2) is 11.0 Å². The predicted molar refractivity (Wildman–Crippen MR) is 71.0 cm³/mol. The average molecular weight is 295 g/mol. The SMILES string of the molecule is CC(=O)Nc1nc(CC(=O)NCc2nc(C)no2)cs1. The van der Waals surface area contributed by atoms with E-state index in [2.05, 4.69) is 25.8 Å². The molecular formula is C11H13N5O3S. The number of carbonyl (C=O) groups excluding carboxylic acids is 2. The molecule has 2 aromatic rings. The van der Waals surface area contributed by atoms with Crippen molar-refractivity contribution in [1.29, 1.82) is 0 Å². The molecule has 2 rings (SSSR count). The van der Waals surface area contributed by atoms with Gasteiger partial charge < -0.3 is 15.2 Å². The van der Waals surface area contributed by atoms with E-state index >= 15 is 0 Å². The number of thiazole rings is 1. The third-order valence-corrected chi connectivity index (χ3v) is 2.99. The van der Waals surface area contributed by atoms with Crippen LogP contribution in [0.5, 0.6) is 0 Å². The van der Waals surface area contributed by atoms with Crippen LogP contribution in [0.4, 0.5) is 5.13 Å². The van der Waals surface area contributed by atoms with Gasteiger partial charge in [0.25, 0.3) is 0 Å². The van der Waals surface area contributed by atoms with E-state index in [1.165, 1.54) is 18.3 Å². The summed E-state index contributed by atoms with van der Waals surface area (Å²) in [6.07, 6.45) is 0.128. The van der Waals surface area contributed by atoms with Crippen LogP contribution in [0.2, 0.25) is 0 Å². The minimum atomic E-state index is -0.208. The highest BCUT2D eigenvalue weighted by Gasteiger charge is 2.10. The van der Waals surface area contributed by atoms with Crippen molar-refractivity contribution in [3.05, 3.63) is 22.8 Å². The fourth-order valence-electron chi connectivity index (χ4n) is 1.41. The lowest BCUT2D eigenvalue weighted by molar-refractivity contribution is -0.120. The summed E-state index contributed by atoms with van der Waals surface area (Å²) in [6.45, 7) is 3.29. The number of anilines is 1. The van der Waals surface area contributed by atoms with E-state index in [0.29, 0.717) is 22.5 Å². The molecular weight excluding hydrogens is 282 g/mol. The zero-order valence-corrected chi connectivity index (χ0v) is 11.8. The Labute approximate surface area is 118 Å². The number of nitrogens with one attached hydrogen (secondary N) is 2. The van der Waals surface area contributed by atoms with E-state index in [-0.39, 0.29) is 24.8 Å². The number of hydrogen-bond acceptors (Lipinski definition) is 7. The molecule has 9 heteroatoms. The number of aromatic nitrogens is 3. The van der Waals surface area contributed by atoms with E-state index in [4.69, 9.17) is 4.52 Å². The van der Waals surface area contributed by atoms with Gasteiger partial charge >= 0.3 is 0 Å². The maximum atomic E-state index is 11.7. The molecule has 0 atom stereocenters. The van der Waals surface area contributed by atoms with Gasteiger partial charge in [0.1, 0.15) is 0 Å². The first kappa shape index (κ1) is 14.1. The van der Waals surface area contributed by atoms with Crippen molar-refractivity contribution in [3.8, 4) is 0 Å². The van der Waals surface area contributed by atoms with E-state index < -0.39 is 0 Å². The molecule has 0 saturated carbocycles. The van der Waals surface area contributed by atoms with Gasteiger partial charge in [0.2, 0.25) is 17.7 Å². The standard InChI is InChI=1S/C11H13N5O3S/c1-6-13-10(19-16-6)4-12-9(18)3-8-5-20-11(15-8)14-7(2)17/h5H,3-4H2,1-2H3,(H,12,18)(H,14,15,17). The van der Waals surface area contributed by atoms with Crippen molar-refractivity contribution in [2.75, 3.05) is 5.32 Å². The highest BCUT2D eigenvalue weighted by Crippen LogP contribution is 2.15.